The fraction of sp³-hybridized carbons (Fsp3) is 0.588. The maximum Gasteiger partial charge on any atom is 0.226 e. The van der Waals surface area contributed by atoms with Crippen LogP contribution >= 0.6 is 0 Å². The highest BCUT2D eigenvalue weighted by Gasteiger charge is 2.33. The van der Waals surface area contributed by atoms with Crippen LogP contribution in [0.4, 0.5) is 0 Å². The first-order valence-electron chi connectivity index (χ1n) is 7.94. The van der Waals surface area contributed by atoms with E-state index in [1.807, 2.05) is 17.0 Å². The number of phenols is 1. The predicted molar refractivity (Wildman–Crippen MR) is 81.6 cm³/mol. The fourth-order valence-corrected chi connectivity index (χ4v) is 3.22. The maximum atomic E-state index is 12.8. The lowest BCUT2D eigenvalue weighted by molar-refractivity contribution is -0.136. The Balaban J connectivity index is 1.69. The Morgan fingerprint density at radius 1 is 1.29 bits per heavy atom. The van der Waals surface area contributed by atoms with E-state index < -0.39 is 0 Å². The van der Waals surface area contributed by atoms with Crippen molar-refractivity contribution in [3.05, 3.63) is 29.8 Å². The number of hydrogen-bond donors (Lipinski definition) is 2. The second-order valence-electron chi connectivity index (χ2n) is 6.60. The van der Waals surface area contributed by atoms with Gasteiger partial charge in [-0.25, -0.2) is 0 Å². The van der Waals surface area contributed by atoms with Gasteiger partial charge in [0.2, 0.25) is 5.91 Å². The molecule has 0 radical (unpaired) electrons. The lowest BCUT2D eigenvalue weighted by Crippen LogP contribution is -2.37. The van der Waals surface area contributed by atoms with Crippen LogP contribution in [0.15, 0.2) is 24.3 Å². The number of carbonyl (C=O) groups is 1. The number of amides is 1. The summed E-state index contributed by atoms with van der Waals surface area (Å²) in [7, 11) is 0. The van der Waals surface area contributed by atoms with Crippen LogP contribution in [-0.2, 0) is 11.3 Å². The fourth-order valence-electron chi connectivity index (χ4n) is 3.22. The monoisotopic (exact) mass is 288 g/mol. The summed E-state index contributed by atoms with van der Waals surface area (Å²) in [6, 6.07) is 7.38. The highest BCUT2D eigenvalue weighted by atomic mass is 16.3. The average Bonchev–Trinajstić information content (AvgIpc) is 3.16. The number of aromatic hydroxyl groups is 1. The molecular weight excluding hydrogens is 264 g/mol. The minimum Gasteiger partial charge on any atom is -0.508 e. The van der Waals surface area contributed by atoms with Crippen LogP contribution in [0.3, 0.4) is 0 Å². The van der Waals surface area contributed by atoms with E-state index in [9.17, 15) is 9.90 Å². The molecule has 21 heavy (non-hydrogen) atoms. The average molecular weight is 288 g/mol. The normalized spacial score (nSPS) is 25.0. The second kappa shape index (κ2) is 6.06. The first-order valence-corrected chi connectivity index (χ1v) is 7.94. The van der Waals surface area contributed by atoms with Crippen LogP contribution in [0, 0.1) is 11.8 Å². The second-order valence-corrected chi connectivity index (χ2v) is 6.60. The summed E-state index contributed by atoms with van der Waals surface area (Å²) in [5.41, 5.74) is 6.94. The van der Waals surface area contributed by atoms with Gasteiger partial charge in [-0.3, -0.25) is 4.79 Å². The van der Waals surface area contributed by atoms with Crippen molar-refractivity contribution >= 4 is 5.91 Å². The molecule has 2 aliphatic rings. The van der Waals surface area contributed by atoms with Crippen molar-refractivity contribution in [1.29, 1.82) is 0 Å². The first-order chi connectivity index (χ1) is 10.1. The molecule has 0 spiro atoms. The molecule has 0 aliphatic heterocycles. The van der Waals surface area contributed by atoms with E-state index in [4.69, 9.17) is 5.73 Å². The molecule has 0 aromatic heterocycles. The first kappa shape index (κ1) is 14.4. The largest absolute Gasteiger partial charge is 0.508 e. The molecule has 3 N–H and O–H groups in total. The molecule has 1 aromatic rings. The summed E-state index contributed by atoms with van der Waals surface area (Å²) in [4.78, 5) is 14.7. The molecule has 1 aromatic carbocycles. The van der Waals surface area contributed by atoms with Crippen molar-refractivity contribution < 1.29 is 9.90 Å². The molecule has 0 bridgehead atoms. The van der Waals surface area contributed by atoms with E-state index in [2.05, 4.69) is 0 Å². The Morgan fingerprint density at radius 2 is 2.10 bits per heavy atom. The van der Waals surface area contributed by atoms with Crippen molar-refractivity contribution in [3.8, 4) is 5.75 Å². The molecule has 2 fully saturated rings. The van der Waals surface area contributed by atoms with Gasteiger partial charge in [0.1, 0.15) is 5.75 Å². The summed E-state index contributed by atoms with van der Waals surface area (Å²) in [6.07, 6.45) is 5.16. The van der Waals surface area contributed by atoms with Gasteiger partial charge in [-0.1, -0.05) is 12.1 Å². The third-order valence-electron chi connectivity index (χ3n) is 4.59. The Bertz CT molecular complexity index is 513. The minimum absolute atomic E-state index is 0.0936. The smallest absolute Gasteiger partial charge is 0.226 e. The predicted octanol–water partition coefficient (Wildman–Crippen LogP) is 2.26. The Morgan fingerprint density at radius 3 is 2.71 bits per heavy atom. The Hall–Kier alpha value is -1.55. The van der Waals surface area contributed by atoms with Crippen molar-refractivity contribution in [3.63, 3.8) is 0 Å². The third kappa shape index (κ3) is 3.76. The van der Waals surface area contributed by atoms with Crippen molar-refractivity contribution in [2.45, 2.75) is 44.7 Å². The summed E-state index contributed by atoms with van der Waals surface area (Å²) in [5, 5.41) is 9.59. The molecule has 0 saturated heterocycles. The number of carbonyl (C=O) groups excluding carboxylic acids is 1. The zero-order chi connectivity index (χ0) is 14.8. The van der Waals surface area contributed by atoms with Crippen LogP contribution in [0.25, 0.3) is 0 Å². The zero-order valence-electron chi connectivity index (χ0n) is 12.4. The molecule has 4 nitrogen and oxygen atoms in total. The lowest BCUT2D eigenvalue weighted by atomic mass is 10.1. The molecule has 1 amide bonds. The number of benzene rings is 1. The maximum absolute atomic E-state index is 12.8. The third-order valence-corrected chi connectivity index (χ3v) is 4.59. The standard InChI is InChI=1S/C17H24N2O2/c18-15-7-6-14(9-15)17(21)19(10-12-4-5-12)11-13-2-1-3-16(20)8-13/h1-3,8,12,14-15,20H,4-7,9-11,18H2. The number of phenolic OH excluding ortho intramolecular Hbond substituents is 1. The SMILES string of the molecule is NC1CCC(C(=O)N(Cc2cccc(O)c2)CC2CC2)C1. The van der Waals surface area contributed by atoms with Crippen molar-refractivity contribution in [2.24, 2.45) is 17.6 Å². The van der Waals surface area contributed by atoms with Crippen LogP contribution < -0.4 is 5.73 Å². The van der Waals surface area contributed by atoms with Crippen LogP contribution in [0.5, 0.6) is 5.75 Å². The molecular formula is C17H24N2O2. The molecule has 2 aliphatic carbocycles. The van der Waals surface area contributed by atoms with Crippen LogP contribution in [0.1, 0.15) is 37.7 Å². The van der Waals surface area contributed by atoms with E-state index in [1.165, 1.54) is 12.8 Å². The highest BCUT2D eigenvalue weighted by molar-refractivity contribution is 5.79. The number of nitrogens with two attached hydrogens (primary N) is 1. The quantitative estimate of drug-likeness (QED) is 0.873. The zero-order valence-corrected chi connectivity index (χ0v) is 12.4. The van der Waals surface area contributed by atoms with Gasteiger partial charge in [-0.05, 0) is 55.7 Å². The number of nitrogens with zero attached hydrogens (tertiary/aromatic N) is 1. The van der Waals surface area contributed by atoms with Gasteiger partial charge >= 0.3 is 0 Å². The topological polar surface area (TPSA) is 66.6 Å². The Kier molecular flexibility index (Phi) is 4.15. The molecule has 3 rings (SSSR count). The molecule has 114 valence electrons. The summed E-state index contributed by atoms with van der Waals surface area (Å²) in [5.74, 6) is 1.27. The Labute approximate surface area is 125 Å². The summed E-state index contributed by atoms with van der Waals surface area (Å²) >= 11 is 0. The number of hydrogen-bond acceptors (Lipinski definition) is 3. The van der Waals surface area contributed by atoms with E-state index in [-0.39, 0.29) is 23.6 Å². The molecule has 2 saturated carbocycles. The van der Waals surface area contributed by atoms with E-state index >= 15 is 0 Å². The van der Waals surface area contributed by atoms with E-state index in [0.29, 0.717) is 12.5 Å². The molecule has 2 atom stereocenters. The van der Waals surface area contributed by atoms with Gasteiger partial charge in [0.15, 0.2) is 0 Å². The van der Waals surface area contributed by atoms with Gasteiger partial charge in [0.25, 0.3) is 0 Å². The minimum atomic E-state index is 0.0936. The van der Waals surface area contributed by atoms with Crippen molar-refractivity contribution in [1.82, 2.24) is 4.90 Å². The van der Waals surface area contributed by atoms with Gasteiger partial charge in [0.05, 0.1) is 0 Å². The number of rotatable bonds is 5. The van der Waals surface area contributed by atoms with Gasteiger partial charge in [0, 0.05) is 25.0 Å². The van der Waals surface area contributed by atoms with E-state index in [0.717, 1.165) is 31.4 Å². The van der Waals surface area contributed by atoms with Gasteiger partial charge in [-0.2, -0.15) is 0 Å². The molecule has 4 heteroatoms. The summed E-state index contributed by atoms with van der Waals surface area (Å²) < 4.78 is 0. The highest BCUT2D eigenvalue weighted by Crippen LogP contribution is 2.33. The lowest BCUT2D eigenvalue weighted by Gasteiger charge is -2.26. The van der Waals surface area contributed by atoms with E-state index in [1.54, 1.807) is 12.1 Å². The summed E-state index contributed by atoms with van der Waals surface area (Å²) in [6.45, 7) is 1.44. The van der Waals surface area contributed by atoms with Gasteiger partial charge in [-0.15, -0.1) is 0 Å². The van der Waals surface area contributed by atoms with Crippen LogP contribution in [-0.4, -0.2) is 28.5 Å². The van der Waals surface area contributed by atoms with Gasteiger partial charge < -0.3 is 15.7 Å². The molecule has 0 heterocycles. The molecule has 2 unspecified atom stereocenters. The van der Waals surface area contributed by atoms with Crippen LogP contribution in [0.2, 0.25) is 0 Å². The van der Waals surface area contributed by atoms with Crippen molar-refractivity contribution in [2.75, 3.05) is 6.54 Å².